The maximum Gasteiger partial charge on any atom is 0.213 e. The van der Waals surface area contributed by atoms with Crippen molar-refractivity contribution in [2.45, 2.75) is 20.4 Å². The lowest BCUT2D eigenvalue weighted by Crippen LogP contribution is -3.00. The fourth-order valence-corrected chi connectivity index (χ4v) is 2.44. The summed E-state index contributed by atoms with van der Waals surface area (Å²) in [6, 6.07) is 13.2. The summed E-state index contributed by atoms with van der Waals surface area (Å²) in [5.74, 6) is 0. The molecule has 1 aromatic heterocycles. The van der Waals surface area contributed by atoms with Crippen LogP contribution in [0.3, 0.4) is 0 Å². The Morgan fingerprint density at radius 2 is 1.81 bits per heavy atom. The maximum atomic E-state index is 2.39. The number of pyridine rings is 1. The molecule has 0 aliphatic carbocycles. The Bertz CT molecular complexity index is 546. The monoisotopic (exact) mass is 231 g/mol. The molecule has 0 fully saturated rings. The van der Waals surface area contributed by atoms with E-state index in [1.165, 1.54) is 28.1 Å². The molecule has 1 aromatic carbocycles. The van der Waals surface area contributed by atoms with Crippen molar-refractivity contribution in [3.8, 4) is 11.3 Å². The van der Waals surface area contributed by atoms with Crippen molar-refractivity contribution < 1.29 is 17.0 Å². The molecule has 82 valence electrons. The largest absolute Gasteiger partial charge is 1.00 e. The topological polar surface area (TPSA) is 3.88 Å². The summed E-state index contributed by atoms with van der Waals surface area (Å²) in [5.41, 5.74) is 6.88. The van der Waals surface area contributed by atoms with E-state index >= 15 is 0 Å². The van der Waals surface area contributed by atoms with Crippen molar-refractivity contribution in [3.05, 3.63) is 53.2 Å². The Hall–Kier alpha value is -1.34. The molecule has 0 spiro atoms. The summed E-state index contributed by atoms with van der Waals surface area (Å²) in [4.78, 5) is 0. The predicted molar refractivity (Wildman–Crippen MR) is 60.6 cm³/mol. The molecule has 2 heterocycles. The average Bonchev–Trinajstić information content (AvgIpc) is 2.57. The van der Waals surface area contributed by atoms with Crippen LogP contribution in [-0.2, 0) is 6.54 Å². The summed E-state index contributed by atoms with van der Waals surface area (Å²) in [6.07, 6.45) is 0. The third kappa shape index (κ3) is 1.52. The van der Waals surface area contributed by atoms with Crippen molar-refractivity contribution in [2.75, 3.05) is 0 Å². The van der Waals surface area contributed by atoms with Crippen molar-refractivity contribution in [1.29, 1.82) is 0 Å². The zero-order chi connectivity index (χ0) is 10.4. The quantitative estimate of drug-likeness (QED) is 0.465. The zero-order valence-electron chi connectivity index (χ0n) is 9.50. The number of hydrogen-bond donors (Lipinski definition) is 0. The first-order valence-corrected chi connectivity index (χ1v) is 5.35. The summed E-state index contributed by atoms with van der Waals surface area (Å²) in [7, 11) is 0. The van der Waals surface area contributed by atoms with Gasteiger partial charge in [-0.3, -0.25) is 0 Å². The Balaban J connectivity index is 0.000000963. The van der Waals surface area contributed by atoms with Crippen LogP contribution in [-0.4, -0.2) is 0 Å². The van der Waals surface area contributed by atoms with Crippen LogP contribution in [0.5, 0.6) is 0 Å². The van der Waals surface area contributed by atoms with Crippen LogP contribution in [0.25, 0.3) is 11.3 Å². The highest BCUT2D eigenvalue weighted by molar-refractivity contribution is 5.63. The highest BCUT2D eigenvalue weighted by Gasteiger charge is 2.27. The molecule has 0 saturated heterocycles. The van der Waals surface area contributed by atoms with E-state index in [0.29, 0.717) is 0 Å². The van der Waals surface area contributed by atoms with E-state index in [2.05, 4.69) is 54.8 Å². The highest BCUT2D eigenvalue weighted by atomic mass is 35.5. The number of nitrogens with zero attached hydrogens (tertiary/aromatic N) is 1. The highest BCUT2D eigenvalue weighted by Crippen LogP contribution is 2.27. The third-order valence-corrected chi connectivity index (χ3v) is 3.14. The Morgan fingerprint density at radius 1 is 1.06 bits per heavy atom. The summed E-state index contributed by atoms with van der Waals surface area (Å²) >= 11 is 0. The minimum atomic E-state index is 0. The lowest BCUT2D eigenvalue weighted by Gasteiger charge is -1.99. The first-order chi connectivity index (χ1) is 7.25. The van der Waals surface area contributed by atoms with Gasteiger partial charge in [0.15, 0.2) is 12.2 Å². The molecule has 2 heteroatoms. The molecule has 0 saturated carbocycles. The van der Waals surface area contributed by atoms with Crippen molar-refractivity contribution in [2.24, 2.45) is 0 Å². The normalized spacial score (nSPS) is 11.6. The van der Waals surface area contributed by atoms with Gasteiger partial charge in [0.1, 0.15) is 0 Å². The van der Waals surface area contributed by atoms with Crippen LogP contribution in [0.4, 0.5) is 0 Å². The molecule has 0 bridgehead atoms. The lowest BCUT2D eigenvalue weighted by atomic mass is 10.1. The van der Waals surface area contributed by atoms with E-state index < -0.39 is 0 Å². The van der Waals surface area contributed by atoms with Gasteiger partial charge in [0, 0.05) is 24.6 Å². The van der Waals surface area contributed by atoms with E-state index in [1.54, 1.807) is 0 Å². The molecule has 1 nitrogen and oxygen atoms in total. The van der Waals surface area contributed by atoms with Gasteiger partial charge in [0.2, 0.25) is 5.69 Å². The molecular formula is C14H14ClN. The lowest BCUT2D eigenvalue weighted by molar-refractivity contribution is -0.678. The molecule has 0 unspecified atom stereocenters. The van der Waals surface area contributed by atoms with Gasteiger partial charge in [-0.2, -0.15) is 4.57 Å². The van der Waals surface area contributed by atoms with Gasteiger partial charge in [-0.05, 0) is 18.6 Å². The molecule has 1 aliphatic heterocycles. The number of rotatable bonds is 0. The molecule has 0 radical (unpaired) electrons. The second-order valence-electron chi connectivity index (χ2n) is 4.30. The minimum absolute atomic E-state index is 0. The number of aromatic nitrogens is 1. The van der Waals surface area contributed by atoms with Gasteiger partial charge < -0.3 is 12.4 Å². The molecule has 0 N–H and O–H groups in total. The molecule has 3 rings (SSSR count). The summed E-state index contributed by atoms with van der Waals surface area (Å²) < 4.78 is 2.39. The molecule has 16 heavy (non-hydrogen) atoms. The summed E-state index contributed by atoms with van der Waals surface area (Å²) in [5, 5.41) is 0. The van der Waals surface area contributed by atoms with Gasteiger partial charge in [-0.25, -0.2) is 0 Å². The molecule has 2 aromatic rings. The van der Waals surface area contributed by atoms with Crippen molar-refractivity contribution >= 4 is 0 Å². The molecule has 0 amide bonds. The Labute approximate surface area is 102 Å². The number of hydrogen-bond acceptors (Lipinski definition) is 0. The number of benzene rings is 1. The van der Waals surface area contributed by atoms with Crippen LogP contribution >= 0.6 is 0 Å². The zero-order valence-corrected chi connectivity index (χ0v) is 10.3. The Kier molecular flexibility index (Phi) is 2.73. The van der Waals surface area contributed by atoms with Crippen LogP contribution in [0.15, 0.2) is 36.4 Å². The second-order valence-corrected chi connectivity index (χ2v) is 4.30. The Morgan fingerprint density at radius 3 is 2.62 bits per heavy atom. The number of halogens is 1. The van der Waals surface area contributed by atoms with E-state index in [-0.39, 0.29) is 12.4 Å². The van der Waals surface area contributed by atoms with Crippen molar-refractivity contribution in [3.63, 3.8) is 0 Å². The van der Waals surface area contributed by atoms with Gasteiger partial charge in [0.25, 0.3) is 0 Å². The first kappa shape index (κ1) is 11.2. The van der Waals surface area contributed by atoms with E-state index in [9.17, 15) is 0 Å². The SMILES string of the molecule is Cc1cc(C)[n+]2c(c1)-c1ccccc1C2.[Cl-]. The fourth-order valence-electron chi connectivity index (χ4n) is 2.44. The molecule has 1 aliphatic rings. The third-order valence-electron chi connectivity index (χ3n) is 3.14. The van der Waals surface area contributed by atoms with Gasteiger partial charge in [-0.15, -0.1) is 0 Å². The smallest absolute Gasteiger partial charge is 0.213 e. The van der Waals surface area contributed by atoms with Crippen LogP contribution < -0.4 is 17.0 Å². The second kappa shape index (κ2) is 3.91. The fraction of sp³-hybridized carbons (Fsp3) is 0.214. The maximum absolute atomic E-state index is 2.39. The average molecular weight is 232 g/mol. The first-order valence-electron chi connectivity index (χ1n) is 5.35. The van der Waals surface area contributed by atoms with E-state index in [4.69, 9.17) is 0 Å². The number of aryl methyl sites for hydroxylation is 2. The standard InChI is InChI=1S/C14H14N.ClH/c1-10-7-11(2)15-9-12-5-3-4-6-13(12)14(15)8-10;/h3-8H,9H2,1-2H3;1H/q+1;/p-1. The number of fused-ring (bicyclic) bond motifs is 3. The predicted octanol–water partition coefficient (Wildman–Crippen LogP) is -0.376. The minimum Gasteiger partial charge on any atom is -1.00 e. The van der Waals surface area contributed by atoms with Crippen molar-refractivity contribution in [1.82, 2.24) is 0 Å². The van der Waals surface area contributed by atoms with Crippen LogP contribution in [0.1, 0.15) is 16.8 Å². The van der Waals surface area contributed by atoms with E-state index in [1.807, 2.05) is 0 Å². The molecule has 0 atom stereocenters. The molecular weight excluding hydrogens is 218 g/mol. The van der Waals surface area contributed by atoms with Gasteiger partial charge in [-0.1, -0.05) is 18.2 Å². The van der Waals surface area contributed by atoms with Crippen LogP contribution in [0.2, 0.25) is 0 Å². The van der Waals surface area contributed by atoms with Crippen LogP contribution in [0, 0.1) is 13.8 Å². The van der Waals surface area contributed by atoms with Gasteiger partial charge >= 0.3 is 0 Å². The summed E-state index contributed by atoms with van der Waals surface area (Å²) in [6.45, 7) is 5.37. The van der Waals surface area contributed by atoms with Gasteiger partial charge in [0.05, 0.1) is 5.56 Å². The van der Waals surface area contributed by atoms with E-state index in [0.717, 1.165) is 6.54 Å².